The average molecular weight is 323 g/mol. The number of aromatic carboxylic acids is 1. The average Bonchev–Trinajstić information content (AvgIpc) is 2.69. The minimum Gasteiger partial charge on any atom is -0.477 e. The first kappa shape index (κ1) is 16.5. The van der Waals surface area contributed by atoms with Crippen LogP contribution < -0.4 is 4.72 Å². The van der Waals surface area contributed by atoms with Crippen LogP contribution in [-0.4, -0.2) is 37.0 Å². The van der Waals surface area contributed by atoms with E-state index in [1.165, 1.54) is 6.07 Å². The Balaban J connectivity index is 2.89. The molecular formula is C11H17NO4S3. The number of thiophene rings is 1. The van der Waals surface area contributed by atoms with Gasteiger partial charge in [0.1, 0.15) is 9.09 Å². The zero-order valence-electron chi connectivity index (χ0n) is 11.0. The fourth-order valence-electron chi connectivity index (χ4n) is 1.45. The third kappa shape index (κ3) is 4.48. The van der Waals surface area contributed by atoms with Crippen molar-refractivity contribution in [1.82, 2.24) is 4.72 Å². The molecular weight excluding hydrogens is 306 g/mol. The summed E-state index contributed by atoms with van der Waals surface area (Å²) in [5.74, 6) is 0.512. The van der Waals surface area contributed by atoms with Crippen molar-refractivity contribution < 1.29 is 18.3 Å². The van der Waals surface area contributed by atoms with Crippen molar-refractivity contribution in [2.45, 2.75) is 31.0 Å². The Labute approximate surface area is 121 Å². The fraction of sp³-hybridized carbons (Fsp3) is 0.545. The third-order valence-electron chi connectivity index (χ3n) is 2.28. The van der Waals surface area contributed by atoms with Crippen LogP contribution in [-0.2, 0) is 10.0 Å². The maximum atomic E-state index is 12.1. The van der Waals surface area contributed by atoms with Crippen LogP contribution in [0.3, 0.4) is 0 Å². The zero-order chi connectivity index (χ0) is 14.6. The summed E-state index contributed by atoms with van der Waals surface area (Å²) < 4.78 is 26.8. The molecule has 19 heavy (non-hydrogen) atoms. The quantitative estimate of drug-likeness (QED) is 0.803. The van der Waals surface area contributed by atoms with Gasteiger partial charge in [0.05, 0.1) is 0 Å². The van der Waals surface area contributed by atoms with E-state index in [0.717, 1.165) is 17.1 Å². The lowest BCUT2D eigenvalue weighted by Crippen LogP contribution is -2.33. The molecule has 1 aromatic rings. The summed E-state index contributed by atoms with van der Waals surface area (Å²) in [6.07, 6.45) is 0. The van der Waals surface area contributed by atoms with Gasteiger partial charge in [-0.3, -0.25) is 0 Å². The number of carbonyl (C=O) groups is 1. The Morgan fingerprint density at radius 2 is 2.21 bits per heavy atom. The number of rotatable bonds is 7. The highest BCUT2D eigenvalue weighted by atomic mass is 32.2. The predicted octanol–water partition coefficient (Wildman–Crippen LogP) is 2.17. The van der Waals surface area contributed by atoms with E-state index in [1.807, 2.05) is 6.92 Å². The summed E-state index contributed by atoms with van der Waals surface area (Å²) in [6.45, 7) is 5.39. The van der Waals surface area contributed by atoms with Gasteiger partial charge in [0, 0.05) is 11.8 Å². The van der Waals surface area contributed by atoms with Crippen molar-refractivity contribution in [2.75, 3.05) is 11.5 Å². The number of thioether (sulfide) groups is 1. The SMILES string of the molecule is CCSCC(C)NS(=O)(=O)c1cc(C)c(C(=O)O)s1. The molecule has 1 unspecified atom stereocenters. The Kier molecular flexibility index (Phi) is 5.84. The second-order valence-electron chi connectivity index (χ2n) is 4.06. The minimum atomic E-state index is -3.63. The highest BCUT2D eigenvalue weighted by Crippen LogP contribution is 2.26. The van der Waals surface area contributed by atoms with Crippen molar-refractivity contribution in [3.63, 3.8) is 0 Å². The minimum absolute atomic E-state index is 0.0516. The van der Waals surface area contributed by atoms with Gasteiger partial charge in [-0.1, -0.05) is 6.92 Å². The number of aryl methyl sites for hydroxylation is 1. The summed E-state index contributed by atoms with van der Waals surface area (Å²) in [7, 11) is -3.63. The lowest BCUT2D eigenvalue weighted by atomic mass is 10.3. The molecule has 1 atom stereocenters. The highest BCUT2D eigenvalue weighted by Gasteiger charge is 2.23. The van der Waals surface area contributed by atoms with Crippen LogP contribution in [0.2, 0.25) is 0 Å². The van der Waals surface area contributed by atoms with Gasteiger partial charge in [-0.15, -0.1) is 11.3 Å². The van der Waals surface area contributed by atoms with Crippen LogP contribution in [0.1, 0.15) is 29.1 Å². The molecule has 2 N–H and O–H groups in total. The summed E-state index contributed by atoms with van der Waals surface area (Å²) in [5, 5.41) is 8.93. The molecule has 0 fully saturated rings. The molecule has 0 aromatic carbocycles. The molecule has 0 aliphatic rings. The van der Waals surface area contributed by atoms with Crippen LogP contribution in [0, 0.1) is 6.92 Å². The van der Waals surface area contributed by atoms with Gasteiger partial charge in [0.15, 0.2) is 0 Å². The molecule has 0 aliphatic carbocycles. The molecule has 1 aromatic heterocycles. The molecule has 0 aliphatic heterocycles. The lowest BCUT2D eigenvalue weighted by Gasteiger charge is -2.12. The summed E-state index contributed by atoms with van der Waals surface area (Å²) in [5.41, 5.74) is 0.466. The van der Waals surface area contributed by atoms with E-state index in [0.29, 0.717) is 11.3 Å². The van der Waals surface area contributed by atoms with Crippen LogP contribution >= 0.6 is 23.1 Å². The topological polar surface area (TPSA) is 83.5 Å². The molecule has 1 heterocycles. The molecule has 5 nitrogen and oxygen atoms in total. The summed E-state index contributed by atoms with van der Waals surface area (Å²) >= 11 is 2.43. The molecule has 0 spiro atoms. The molecule has 0 saturated carbocycles. The van der Waals surface area contributed by atoms with E-state index in [-0.39, 0.29) is 15.1 Å². The standard InChI is InChI=1S/C11H17NO4S3/c1-4-17-6-8(3)12-19(15,16)9-5-7(2)10(18-9)11(13)14/h5,8,12H,4,6H2,1-3H3,(H,13,14). The lowest BCUT2D eigenvalue weighted by molar-refractivity contribution is 0.0701. The Bertz CT molecular complexity index is 550. The van der Waals surface area contributed by atoms with Crippen LogP contribution in [0.5, 0.6) is 0 Å². The Morgan fingerprint density at radius 3 is 2.68 bits per heavy atom. The van der Waals surface area contributed by atoms with Crippen LogP contribution in [0.4, 0.5) is 0 Å². The first-order valence-corrected chi connectivity index (χ1v) is 9.17. The zero-order valence-corrected chi connectivity index (χ0v) is 13.4. The third-order valence-corrected chi connectivity index (χ3v) is 6.71. The van der Waals surface area contributed by atoms with E-state index in [2.05, 4.69) is 4.72 Å². The van der Waals surface area contributed by atoms with Crippen molar-refractivity contribution in [3.8, 4) is 0 Å². The second kappa shape index (κ2) is 6.74. The first-order valence-electron chi connectivity index (χ1n) is 5.71. The Morgan fingerprint density at radius 1 is 1.58 bits per heavy atom. The van der Waals surface area contributed by atoms with Gasteiger partial charge in [0.2, 0.25) is 10.0 Å². The largest absolute Gasteiger partial charge is 0.477 e. The smallest absolute Gasteiger partial charge is 0.346 e. The first-order chi connectivity index (χ1) is 8.77. The van der Waals surface area contributed by atoms with Gasteiger partial charge in [-0.2, -0.15) is 11.8 Å². The molecule has 1 rings (SSSR count). The molecule has 0 amide bonds. The van der Waals surface area contributed by atoms with Crippen molar-refractivity contribution in [3.05, 3.63) is 16.5 Å². The van der Waals surface area contributed by atoms with E-state index in [9.17, 15) is 13.2 Å². The fourth-order valence-corrected chi connectivity index (χ4v) is 4.87. The van der Waals surface area contributed by atoms with Crippen molar-refractivity contribution in [1.29, 1.82) is 0 Å². The number of hydrogen-bond acceptors (Lipinski definition) is 5. The van der Waals surface area contributed by atoms with Crippen LogP contribution in [0.25, 0.3) is 0 Å². The van der Waals surface area contributed by atoms with E-state index in [4.69, 9.17) is 5.11 Å². The maximum Gasteiger partial charge on any atom is 0.346 e. The molecule has 0 radical (unpaired) electrons. The van der Waals surface area contributed by atoms with Crippen molar-refractivity contribution in [2.24, 2.45) is 0 Å². The maximum absolute atomic E-state index is 12.1. The van der Waals surface area contributed by atoms with Gasteiger partial charge in [0.25, 0.3) is 0 Å². The number of carboxylic acids is 1. The molecule has 8 heteroatoms. The van der Waals surface area contributed by atoms with Gasteiger partial charge < -0.3 is 5.11 Å². The van der Waals surface area contributed by atoms with Gasteiger partial charge >= 0.3 is 5.97 Å². The Hall–Kier alpha value is -0.570. The van der Waals surface area contributed by atoms with E-state index < -0.39 is 16.0 Å². The summed E-state index contributed by atoms with van der Waals surface area (Å²) in [6, 6.07) is 1.21. The normalized spacial score (nSPS) is 13.4. The second-order valence-corrected chi connectivity index (χ2v) is 8.38. The highest BCUT2D eigenvalue weighted by molar-refractivity contribution is 7.99. The van der Waals surface area contributed by atoms with E-state index >= 15 is 0 Å². The monoisotopic (exact) mass is 323 g/mol. The molecule has 0 bridgehead atoms. The summed E-state index contributed by atoms with van der Waals surface area (Å²) in [4.78, 5) is 11.0. The number of carboxylic acid groups (broad SMARTS) is 1. The van der Waals surface area contributed by atoms with Crippen LogP contribution in [0.15, 0.2) is 10.3 Å². The van der Waals surface area contributed by atoms with Gasteiger partial charge in [-0.05, 0) is 31.2 Å². The number of hydrogen-bond donors (Lipinski definition) is 2. The molecule has 0 saturated heterocycles. The van der Waals surface area contributed by atoms with Gasteiger partial charge in [-0.25, -0.2) is 17.9 Å². The molecule has 108 valence electrons. The number of sulfonamides is 1. The number of nitrogens with one attached hydrogen (secondary N) is 1. The predicted molar refractivity (Wildman–Crippen MR) is 78.8 cm³/mol. The van der Waals surface area contributed by atoms with Crippen molar-refractivity contribution >= 4 is 39.1 Å². The van der Waals surface area contributed by atoms with E-state index in [1.54, 1.807) is 25.6 Å².